The number of halogens is 1. The molecule has 0 unspecified atom stereocenters. The summed E-state index contributed by atoms with van der Waals surface area (Å²) in [6, 6.07) is 15.0. The van der Waals surface area contributed by atoms with Gasteiger partial charge in [0.1, 0.15) is 23.0 Å². The van der Waals surface area contributed by atoms with Crippen LogP contribution in [-0.2, 0) is 9.59 Å². The monoisotopic (exact) mass is 390 g/mol. The summed E-state index contributed by atoms with van der Waals surface area (Å²) in [4.78, 5) is 23.8. The molecule has 29 heavy (non-hydrogen) atoms. The van der Waals surface area contributed by atoms with Crippen LogP contribution in [0.2, 0.25) is 0 Å². The van der Waals surface area contributed by atoms with Gasteiger partial charge in [-0.2, -0.15) is 0 Å². The van der Waals surface area contributed by atoms with Crippen LogP contribution in [0.4, 0.5) is 4.39 Å². The maximum absolute atomic E-state index is 13.1. The molecule has 1 atom stereocenters. The number of hydrogen-bond acceptors (Lipinski definition) is 5. The van der Waals surface area contributed by atoms with Crippen molar-refractivity contribution in [3.8, 4) is 11.5 Å². The number of fused-ring (bicyclic) bond motifs is 3. The van der Waals surface area contributed by atoms with E-state index in [0.717, 1.165) is 16.2 Å². The molecule has 3 aromatic carbocycles. The van der Waals surface area contributed by atoms with Crippen molar-refractivity contribution in [2.75, 3.05) is 0 Å². The van der Waals surface area contributed by atoms with Crippen molar-refractivity contribution >= 4 is 33.6 Å². The Bertz CT molecular complexity index is 1260. The van der Waals surface area contributed by atoms with Gasteiger partial charge in [0.15, 0.2) is 5.58 Å². The number of carbonyl (C=O) groups is 2. The van der Waals surface area contributed by atoms with Crippen LogP contribution < -0.4 is 10.1 Å². The highest BCUT2D eigenvalue weighted by Gasteiger charge is 2.32. The second-order valence-corrected chi connectivity index (χ2v) is 6.95. The minimum atomic E-state index is -0.533. The maximum Gasteiger partial charge on any atom is 0.235 e. The van der Waals surface area contributed by atoms with Crippen LogP contribution in [0.25, 0.3) is 21.7 Å². The van der Waals surface area contributed by atoms with E-state index in [1.54, 1.807) is 24.3 Å². The topological polar surface area (TPSA) is 81.4 Å². The molecular formula is C22H15FN2O4. The number of ether oxygens (including phenoxy) is 1. The van der Waals surface area contributed by atoms with E-state index in [0.29, 0.717) is 29.2 Å². The van der Waals surface area contributed by atoms with Crippen LogP contribution in [0.3, 0.4) is 0 Å². The van der Waals surface area contributed by atoms with Gasteiger partial charge in [-0.25, -0.2) is 4.39 Å². The van der Waals surface area contributed by atoms with Crippen molar-refractivity contribution in [1.29, 1.82) is 0 Å². The van der Waals surface area contributed by atoms with Crippen molar-refractivity contribution in [3.05, 3.63) is 66.1 Å². The fraction of sp³-hybridized carbons (Fsp3) is 0.136. The Morgan fingerprint density at radius 1 is 1.03 bits per heavy atom. The lowest BCUT2D eigenvalue weighted by Crippen LogP contribution is -2.39. The quantitative estimate of drug-likeness (QED) is 0.523. The first kappa shape index (κ1) is 17.4. The summed E-state index contributed by atoms with van der Waals surface area (Å²) in [5.74, 6) is -0.360. The Balaban J connectivity index is 1.56. The third-order valence-corrected chi connectivity index (χ3v) is 5.07. The summed E-state index contributed by atoms with van der Waals surface area (Å²) in [6.07, 6.45) is 0.666. The van der Waals surface area contributed by atoms with E-state index in [1.807, 2.05) is 18.2 Å². The molecule has 1 fully saturated rings. The normalized spacial score (nSPS) is 16.9. The Kier molecular flexibility index (Phi) is 4.01. The second kappa shape index (κ2) is 6.70. The van der Waals surface area contributed by atoms with Gasteiger partial charge in [0.2, 0.25) is 11.8 Å². The number of amides is 2. The van der Waals surface area contributed by atoms with E-state index in [1.165, 1.54) is 12.1 Å². The van der Waals surface area contributed by atoms with E-state index < -0.39 is 5.92 Å². The molecular weight excluding hydrogens is 375 g/mol. The van der Waals surface area contributed by atoms with Crippen molar-refractivity contribution in [1.82, 2.24) is 10.5 Å². The lowest BCUT2D eigenvalue weighted by atomic mass is 9.91. The standard InChI is InChI=1S/C22H15FN2O4/c23-13-2-4-14(5-3-13)28-15-6-7-16-12(11-15)1-9-18-20(16)21(25-29-18)17-8-10-19(26)24-22(17)27/h1-7,9,11,17H,8,10H2,(H,24,26,27)/t17-/m1/s1. The van der Waals surface area contributed by atoms with Crippen LogP contribution in [0, 0.1) is 5.82 Å². The highest BCUT2D eigenvalue weighted by Crippen LogP contribution is 2.36. The van der Waals surface area contributed by atoms with Crippen molar-refractivity contribution < 1.29 is 23.2 Å². The molecule has 2 amide bonds. The van der Waals surface area contributed by atoms with E-state index in [9.17, 15) is 14.0 Å². The number of carbonyl (C=O) groups excluding carboxylic acids is 2. The molecule has 1 aliphatic rings. The average Bonchev–Trinajstić information content (AvgIpc) is 3.14. The van der Waals surface area contributed by atoms with Gasteiger partial charge in [-0.05, 0) is 65.7 Å². The predicted molar refractivity (Wildman–Crippen MR) is 103 cm³/mol. The molecule has 0 radical (unpaired) electrons. The molecule has 144 valence electrons. The lowest BCUT2D eigenvalue weighted by Gasteiger charge is -2.19. The summed E-state index contributed by atoms with van der Waals surface area (Å²) in [7, 11) is 0. The molecule has 7 heteroatoms. The minimum Gasteiger partial charge on any atom is -0.457 e. The molecule has 1 N–H and O–H groups in total. The summed E-state index contributed by atoms with van der Waals surface area (Å²) in [5, 5.41) is 9.00. The number of imide groups is 1. The van der Waals surface area contributed by atoms with Crippen LogP contribution in [0.1, 0.15) is 24.5 Å². The molecule has 0 spiro atoms. The molecule has 0 saturated carbocycles. The Morgan fingerprint density at radius 3 is 2.62 bits per heavy atom. The van der Waals surface area contributed by atoms with Crippen LogP contribution in [0.15, 0.2) is 59.1 Å². The minimum absolute atomic E-state index is 0.269. The SMILES string of the molecule is O=C1CC[C@H](c2noc3ccc4cc(Oc5ccc(F)cc5)ccc4c23)C(=O)N1. The number of aromatic nitrogens is 1. The molecule has 0 aliphatic carbocycles. The van der Waals surface area contributed by atoms with E-state index >= 15 is 0 Å². The van der Waals surface area contributed by atoms with Gasteiger partial charge in [-0.3, -0.25) is 14.9 Å². The van der Waals surface area contributed by atoms with Crippen LogP contribution >= 0.6 is 0 Å². The number of nitrogens with zero attached hydrogens (tertiary/aromatic N) is 1. The number of hydrogen-bond donors (Lipinski definition) is 1. The molecule has 6 nitrogen and oxygen atoms in total. The van der Waals surface area contributed by atoms with Gasteiger partial charge in [0.25, 0.3) is 0 Å². The smallest absolute Gasteiger partial charge is 0.235 e. The first-order chi connectivity index (χ1) is 14.1. The van der Waals surface area contributed by atoms with Gasteiger partial charge < -0.3 is 9.26 Å². The summed E-state index contributed by atoms with van der Waals surface area (Å²) in [5.41, 5.74) is 1.10. The molecule has 1 aliphatic heterocycles. The average molecular weight is 390 g/mol. The first-order valence-corrected chi connectivity index (χ1v) is 9.18. The number of benzene rings is 3. The van der Waals surface area contributed by atoms with Gasteiger partial charge in [-0.15, -0.1) is 0 Å². The summed E-state index contributed by atoms with van der Waals surface area (Å²) >= 11 is 0. The Hall–Kier alpha value is -3.74. The molecule has 2 heterocycles. The molecule has 1 aromatic heterocycles. The second-order valence-electron chi connectivity index (χ2n) is 6.95. The fourth-order valence-electron chi connectivity index (χ4n) is 3.67. The van der Waals surface area contributed by atoms with Gasteiger partial charge in [0.05, 0.1) is 11.3 Å². The molecule has 1 saturated heterocycles. The number of rotatable bonds is 3. The highest BCUT2D eigenvalue weighted by atomic mass is 19.1. The molecule has 4 aromatic rings. The van der Waals surface area contributed by atoms with E-state index in [4.69, 9.17) is 9.26 Å². The van der Waals surface area contributed by atoms with Crippen molar-refractivity contribution in [3.63, 3.8) is 0 Å². The number of piperidine rings is 1. The van der Waals surface area contributed by atoms with Gasteiger partial charge >= 0.3 is 0 Å². The van der Waals surface area contributed by atoms with Gasteiger partial charge in [0, 0.05) is 6.42 Å². The summed E-state index contributed by atoms with van der Waals surface area (Å²) < 4.78 is 24.3. The maximum atomic E-state index is 13.1. The largest absolute Gasteiger partial charge is 0.457 e. The molecule has 0 bridgehead atoms. The van der Waals surface area contributed by atoms with Gasteiger partial charge in [-0.1, -0.05) is 11.2 Å². The summed E-state index contributed by atoms with van der Waals surface area (Å²) in [6.45, 7) is 0. The Labute approximate surface area is 164 Å². The lowest BCUT2D eigenvalue weighted by molar-refractivity contribution is -0.134. The zero-order valence-electron chi connectivity index (χ0n) is 15.1. The van der Waals surface area contributed by atoms with Crippen LogP contribution in [-0.4, -0.2) is 17.0 Å². The number of nitrogens with one attached hydrogen (secondary N) is 1. The molecule has 5 rings (SSSR count). The zero-order valence-corrected chi connectivity index (χ0v) is 15.1. The van der Waals surface area contributed by atoms with E-state index in [-0.39, 0.29) is 24.1 Å². The fourth-order valence-corrected chi connectivity index (χ4v) is 3.67. The Morgan fingerprint density at radius 2 is 1.83 bits per heavy atom. The van der Waals surface area contributed by atoms with Crippen molar-refractivity contribution in [2.45, 2.75) is 18.8 Å². The van der Waals surface area contributed by atoms with Crippen molar-refractivity contribution in [2.24, 2.45) is 0 Å². The van der Waals surface area contributed by atoms with E-state index in [2.05, 4.69) is 10.5 Å². The highest BCUT2D eigenvalue weighted by molar-refractivity contribution is 6.10. The zero-order chi connectivity index (χ0) is 20.0. The first-order valence-electron chi connectivity index (χ1n) is 9.18. The third kappa shape index (κ3) is 3.10. The third-order valence-electron chi connectivity index (χ3n) is 5.07. The van der Waals surface area contributed by atoms with Crippen LogP contribution in [0.5, 0.6) is 11.5 Å². The predicted octanol–water partition coefficient (Wildman–Crippen LogP) is 4.43.